The summed E-state index contributed by atoms with van der Waals surface area (Å²) in [5.74, 6) is 0. The van der Waals surface area contributed by atoms with E-state index in [9.17, 15) is 14.7 Å². The molecule has 0 radical (unpaired) electrons. The van der Waals surface area contributed by atoms with Gasteiger partial charge < -0.3 is 0 Å². The van der Waals surface area contributed by atoms with E-state index in [2.05, 4.69) is 128 Å². The number of fused-ring (bicyclic) bond motifs is 2. The average molecular weight is 693 g/mol. The van der Waals surface area contributed by atoms with Crippen LogP contribution in [0.3, 0.4) is 0 Å². The molecular formula is C46H61O3P. The third-order valence-corrected chi connectivity index (χ3v) is 12.7. The van der Waals surface area contributed by atoms with E-state index in [4.69, 9.17) is 0 Å². The van der Waals surface area contributed by atoms with Crippen LogP contribution >= 0.6 is 7.28 Å². The molecule has 268 valence electrons. The zero-order chi connectivity index (χ0) is 37.6. The Labute approximate surface area is 302 Å². The molecular weight excluding hydrogens is 631 g/mol. The normalized spacial score (nSPS) is 14.6. The van der Waals surface area contributed by atoms with Crippen molar-refractivity contribution in [1.82, 2.24) is 0 Å². The molecule has 0 fully saturated rings. The molecule has 0 bridgehead atoms. The fraction of sp³-hybridized carbons (Fsp3) is 0.435. The fourth-order valence-corrected chi connectivity index (χ4v) is 9.68. The van der Waals surface area contributed by atoms with Gasteiger partial charge in [-0.15, -0.1) is 0 Å². The quantitative estimate of drug-likeness (QED) is 0.165. The monoisotopic (exact) mass is 692 g/mol. The first-order valence-corrected chi connectivity index (χ1v) is 20.2. The first kappa shape index (κ1) is 38.2. The van der Waals surface area contributed by atoms with Gasteiger partial charge in [0.1, 0.15) is 0 Å². The standard InChI is InChI=1S/C46H61O3P/c1-42(2,3)32-24-31-26-37(44(7,8)9)35(28-34(31)38(27-32)45(10,11)12)40-36(43(4,5)6)22-23-39(41(40)46(13,14)15)50(47,48,49)33-21-20-29-18-16-17-19-30(29)25-33/h16-28,47-49H,1-15H3. The van der Waals surface area contributed by atoms with Crippen molar-refractivity contribution in [2.24, 2.45) is 0 Å². The summed E-state index contributed by atoms with van der Waals surface area (Å²) in [4.78, 5) is 37.5. The molecule has 0 heterocycles. The minimum atomic E-state index is -5.67. The van der Waals surface area contributed by atoms with Gasteiger partial charge in [0.15, 0.2) is 0 Å². The Kier molecular flexibility index (Phi) is 8.95. The third kappa shape index (κ3) is 6.92. The SMILES string of the molecule is CC(C)(C)c1cc(C(C)(C)C)c2cc(-c3c(C(C)(C)C)ccc(P(O)(O)(O)c4ccc5ccccc5c4)c3C(C)(C)C)c(C(C)(C)C)cc2c1. The maximum atomic E-state index is 12.5. The van der Waals surface area contributed by atoms with E-state index in [-0.39, 0.29) is 32.3 Å². The van der Waals surface area contributed by atoms with E-state index in [1.807, 2.05) is 36.4 Å². The van der Waals surface area contributed by atoms with Crippen molar-refractivity contribution in [3.63, 3.8) is 0 Å². The molecule has 0 aromatic heterocycles. The second-order valence-corrected chi connectivity index (χ2v) is 22.7. The summed E-state index contributed by atoms with van der Waals surface area (Å²) in [5.41, 5.74) is 6.44. The molecule has 0 spiro atoms. The molecule has 0 atom stereocenters. The molecule has 50 heavy (non-hydrogen) atoms. The number of hydrogen-bond acceptors (Lipinski definition) is 3. The molecule has 3 nitrogen and oxygen atoms in total. The summed E-state index contributed by atoms with van der Waals surface area (Å²) in [6.45, 7) is 33.4. The van der Waals surface area contributed by atoms with Crippen LogP contribution in [0.5, 0.6) is 0 Å². The number of hydrogen-bond donors (Lipinski definition) is 3. The van der Waals surface area contributed by atoms with Gasteiger partial charge in [-0.3, -0.25) is 0 Å². The molecule has 5 rings (SSSR count). The Morgan fingerprint density at radius 2 is 1.00 bits per heavy atom. The van der Waals surface area contributed by atoms with Crippen molar-refractivity contribution >= 4 is 39.4 Å². The van der Waals surface area contributed by atoms with Crippen LogP contribution in [0.4, 0.5) is 0 Å². The van der Waals surface area contributed by atoms with E-state index in [1.165, 1.54) is 27.5 Å². The predicted molar refractivity (Wildman–Crippen MR) is 220 cm³/mol. The van der Waals surface area contributed by atoms with Gasteiger partial charge in [-0.05, 0) is 0 Å². The van der Waals surface area contributed by atoms with Gasteiger partial charge in [-0.2, -0.15) is 0 Å². The minimum absolute atomic E-state index is 0.0178. The van der Waals surface area contributed by atoms with Crippen molar-refractivity contribution in [3.05, 3.63) is 107 Å². The van der Waals surface area contributed by atoms with E-state index < -0.39 is 12.7 Å². The maximum absolute atomic E-state index is 12.5. The molecule has 0 saturated carbocycles. The second kappa shape index (κ2) is 11.7. The summed E-state index contributed by atoms with van der Waals surface area (Å²) in [5, 5.41) is 4.55. The number of benzene rings is 5. The predicted octanol–water partition coefficient (Wildman–Crippen LogP) is 11.4. The summed E-state index contributed by atoms with van der Waals surface area (Å²) >= 11 is 0. The molecule has 4 heteroatoms. The van der Waals surface area contributed by atoms with Crippen molar-refractivity contribution in [2.45, 2.75) is 131 Å². The van der Waals surface area contributed by atoms with E-state index in [0.717, 1.165) is 33.0 Å². The summed E-state index contributed by atoms with van der Waals surface area (Å²) in [6.07, 6.45) is 0. The van der Waals surface area contributed by atoms with Crippen LogP contribution in [0.1, 0.15) is 132 Å². The third-order valence-electron chi connectivity index (χ3n) is 10.2. The van der Waals surface area contributed by atoms with Crippen LogP contribution in [0.15, 0.2) is 78.9 Å². The second-order valence-electron chi connectivity index (χ2n) is 19.8. The van der Waals surface area contributed by atoms with Crippen LogP contribution < -0.4 is 10.6 Å². The zero-order valence-electron chi connectivity index (χ0n) is 33.3. The molecule has 0 aliphatic heterocycles. The van der Waals surface area contributed by atoms with Crippen LogP contribution in [0, 0.1) is 0 Å². The van der Waals surface area contributed by atoms with Gasteiger partial charge >= 0.3 is 303 Å². The summed E-state index contributed by atoms with van der Waals surface area (Å²) in [6, 6.07) is 26.4. The van der Waals surface area contributed by atoms with E-state index in [0.29, 0.717) is 0 Å². The van der Waals surface area contributed by atoms with Gasteiger partial charge in [0, 0.05) is 0 Å². The van der Waals surface area contributed by atoms with Crippen molar-refractivity contribution in [2.75, 3.05) is 0 Å². The summed E-state index contributed by atoms with van der Waals surface area (Å²) < 4.78 is 0. The Bertz CT molecular complexity index is 2110. The van der Waals surface area contributed by atoms with Gasteiger partial charge in [-0.25, -0.2) is 0 Å². The molecule has 0 saturated heterocycles. The fourth-order valence-electron chi connectivity index (χ4n) is 7.46. The Morgan fingerprint density at radius 1 is 0.440 bits per heavy atom. The van der Waals surface area contributed by atoms with Gasteiger partial charge in [0.25, 0.3) is 0 Å². The van der Waals surface area contributed by atoms with Gasteiger partial charge in [-0.1, -0.05) is 0 Å². The molecule has 0 aliphatic carbocycles. The molecule has 3 N–H and O–H groups in total. The van der Waals surface area contributed by atoms with Crippen LogP contribution in [0.25, 0.3) is 32.7 Å². The van der Waals surface area contributed by atoms with Crippen LogP contribution in [-0.2, 0) is 27.1 Å². The van der Waals surface area contributed by atoms with Gasteiger partial charge in [0.05, 0.1) is 0 Å². The zero-order valence-corrected chi connectivity index (χ0v) is 34.2. The van der Waals surface area contributed by atoms with Crippen molar-refractivity contribution < 1.29 is 14.7 Å². The van der Waals surface area contributed by atoms with E-state index >= 15 is 0 Å². The van der Waals surface area contributed by atoms with Gasteiger partial charge in [0.2, 0.25) is 0 Å². The first-order valence-electron chi connectivity index (χ1n) is 18.1. The van der Waals surface area contributed by atoms with Crippen LogP contribution in [0.2, 0.25) is 0 Å². The average Bonchev–Trinajstić information content (AvgIpc) is 2.96. The van der Waals surface area contributed by atoms with E-state index in [1.54, 1.807) is 18.2 Å². The van der Waals surface area contributed by atoms with Crippen molar-refractivity contribution in [3.8, 4) is 11.1 Å². The Hall–Kier alpha value is -3.07. The van der Waals surface area contributed by atoms with Crippen molar-refractivity contribution in [1.29, 1.82) is 0 Å². The Balaban J connectivity index is 2.03. The number of rotatable bonds is 3. The molecule has 0 amide bonds. The van der Waals surface area contributed by atoms with Crippen LogP contribution in [-0.4, -0.2) is 14.7 Å². The molecule has 5 aromatic carbocycles. The molecule has 5 aromatic rings. The summed E-state index contributed by atoms with van der Waals surface area (Å²) in [7, 11) is -5.67. The molecule has 0 unspecified atom stereocenters. The molecule has 0 aliphatic rings. The topological polar surface area (TPSA) is 60.7 Å². The first-order chi connectivity index (χ1) is 22.5. The Morgan fingerprint density at radius 3 is 1.52 bits per heavy atom.